The van der Waals surface area contributed by atoms with Crippen molar-refractivity contribution in [3.8, 4) is 0 Å². The number of hydrogen-bond acceptors (Lipinski definition) is 5. The van der Waals surface area contributed by atoms with E-state index >= 15 is 0 Å². The molecule has 0 aliphatic carbocycles. The molecule has 0 spiro atoms. The minimum absolute atomic E-state index is 0.154. The smallest absolute Gasteiger partial charge is 0.335 e. The first-order valence-corrected chi connectivity index (χ1v) is 8.78. The predicted molar refractivity (Wildman–Crippen MR) is 102 cm³/mol. The van der Waals surface area contributed by atoms with E-state index in [9.17, 15) is 14.4 Å². The molecule has 140 valence electrons. The summed E-state index contributed by atoms with van der Waals surface area (Å²) in [6.07, 6.45) is 1.36. The number of imide groups is 2. The van der Waals surface area contributed by atoms with E-state index in [2.05, 4.69) is 5.32 Å². The summed E-state index contributed by atoms with van der Waals surface area (Å²) in [6.45, 7) is 7.35. The molecule has 1 saturated heterocycles. The van der Waals surface area contributed by atoms with Gasteiger partial charge in [-0.2, -0.15) is 0 Å². The number of para-hydroxylation sites is 1. The zero-order chi connectivity index (χ0) is 19.6. The van der Waals surface area contributed by atoms with Gasteiger partial charge in [0.15, 0.2) is 5.88 Å². The van der Waals surface area contributed by atoms with Crippen molar-refractivity contribution in [2.75, 3.05) is 22.9 Å². The van der Waals surface area contributed by atoms with Crippen LogP contribution in [-0.4, -0.2) is 30.9 Å². The highest BCUT2D eigenvalue weighted by Gasteiger charge is 2.37. The van der Waals surface area contributed by atoms with Crippen LogP contribution in [0, 0.1) is 6.92 Å². The summed E-state index contributed by atoms with van der Waals surface area (Å²) in [5.74, 6) is -0.397. The van der Waals surface area contributed by atoms with Gasteiger partial charge < -0.3 is 9.32 Å². The summed E-state index contributed by atoms with van der Waals surface area (Å²) in [6, 6.07) is 9.70. The van der Waals surface area contributed by atoms with E-state index in [1.54, 1.807) is 37.3 Å². The largest absolute Gasteiger partial charge is 0.441 e. The van der Waals surface area contributed by atoms with Crippen LogP contribution in [0.1, 0.15) is 25.2 Å². The van der Waals surface area contributed by atoms with Crippen molar-refractivity contribution in [1.82, 2.24) is 5.32 Å². The van der Waals surface area contributed by atoms with Crippen LogP contribution in [0.5, 0.6) is 0 Å². The maximum atomic E-state index is 12.9. The van der Waals surface area contributed by atoms with Gasteiger partial charge in [0.1, 0.15) is 11.3 Å². The molecule has 1 aromatic carbocycles. The van der Waals surface area contributed by atoms with E-state index in [-0.39, 0.29) is 5.57 Å². The number of carbonyl (C=O) groups is 3. The topological polar surface area (TPSA) is 82.9 Å². The number of hydrogen-bond donors (Lipinski definition) is 1. The molecule has 0 saturated carbocycles. The number of barbiturate groups is 1. The molecule has 1 aliphatic rings. The predicted octanol–water partition coefficient (Wildman–Crippen LogP) is 3.10. The highest BCUT2D eigenvalue weighted by molar-refractivity contribution is 6.39. The Bertz CT molecular complexity index is 925. The molecule has 4 amide bonds. The second kappa shape index (κ2) is 7.49. The van der Waals surface area contributed by atoms with E-state index in [1.807, 2.05) is 24.8 Å². The second-order valence-corrected chi connectivity index (χ2v) is 6.09. The van der Waals surface area contributed by atoms with Crippen LogP contribution in [0.15, 0.2) is 46.4 Å². The molecular formula is C20H21N3O4. The molecule has 1 N–H and O–H groups in total. The van der Waals surface area contributed by atoms with E-state index in [0.29, 0.717) is 17.3 Å². The molecule has 0 bridgehead atoms. The van der Waals surface area contributed by atoms with Crippen molar-refractivity contribution in [3.63, 3.8) is 0 Å². The number of nitrogens with one attached hydrogen (secondary N) is 1. The van der Waals surface area contributed by atoms with Crippen molar-refractivity contribution in [1.29, 1.82) is 0 Å². The SMILES string of the molecule is CCN(CC)c1ccc(/C=C2\C(=O)NC(=O)N(c3ccccc3C)C2=O)o1. The molecule has 1 aliphatic heterocycles. The summed E-state index contributed by atoms with van der Waals surface area (Å²) < 4.78 is 5.73. The van der Waals surface area contributed by atoms with E-state index in [4.69, 9.17) is 4.42 Å². The number of urea groups is 1. The van der Waals surface area contributed by atoms with Crippen molar-refractivity contribution >= 4 is 35.5 Å². The van der Waals surface area contributed by atoms with Crippen LogP contribution < -0.4 is 15.1 Å². The first-order valence-electron chi connectivity index (χ1n) is 8.78. The third kappa shape index (κ3) is 3.48. The van der Waals surface area contributed by atoms with Gasteiger partial charge in [-0.3, -0.25) is 14.9 Å². The Kier molecular flexibility index (Phi) is 5.12. The van der Waals surface area contributed by atoms with Gasteiger partial charge in [-0.05, 0) is 44.5 Å². The zero-order valence-corrected chi connectivity index (χ0v) is 15.5. The molecule has 0 unspecified atom stereocenters. The van der Waals surface area contributed by atoms with Crippen LogP contribution in [0.2, 0.25) is 0 Å². The monoisotopic (exact) mass is 367 g/mol. The number of rotatable bonds is 5. The van der Waals surface area contributed by atoms with Gasteiger partial charge in [-0.15, -0.1) is 0 Å². The maximum absolute atomic E-state index is 12.9. The zero-order valence-electron chi connectivity index (χ0n) is 15.5. The first-order chi connectivity index (χ1) is 13.0. The van der Waals surface area contributed by atoms with Crippen molar-refractivity contribution < 1.29 is 18.8 Å². The van der Waals surface area contributed by atoms with Gasteiger partial charge in [0, 0.05) is 19.2 Å². The molecule has 1 aromatic heterocycles. The molecular weight excluding hydrogens is 346 g/mol. The Morgan fingerprint density at radius 2 is 1.78 bits per heavy atom. The molecule has 2 heterocycles. The third-order valence-corrected chi connectivity index (χ3v) is 4.43. The fraction of sp³-hybridized carbons (Fsp3) is 0.250. The fourth-order valence-electron chi connectivity index (χ4n) is 2.96. The molecule has 3 rings (SSSR count). The lowest BCUT2D eigenvalue weighted by molar-refractivity contribution is -0.122. The summed E-state index contributed by atoms with van der Waals surface area (Å²) in [5, 5.41) is 2.21. The van der Waals surface area contributed by atoms with Crippen LogP contribution >= 0.6 is 0 Å². The Morgan fingerprint density at radius 3 is 2.44 bits per heavy atom. The normalized spacial score (nSPS) is 16.0. The standard InChI is InChI=1S/C20H21N3O4/c1-4-22(5-2)17-11-10-14(27-17)12-15-18(24)21-20(26)23(19(15)25)16-9-7-6-8-13(16)3/h6-12H,4-5H2,1-3H3,(H,21,24,26)/b15-12+. The van der Waals surface area contributed by atoms with Crippen LogP contribution in [0.25, 0.3) is 6.08 Å². The summed E-state index contributed by atoms with van der Waals surface area (Å²) >= 11 is 0. The Hall–Kier alpha value is -3.35. The molecule has 7 nitrogen and oxygen atoms in total. The summed E-state index contributed by atoms with van der Waals surface area (Å²) in [5.41, 5.74) is 1.02. The van der Waals surface area contributed by atoms with E-state index in [1.165, 1.54) is 6.08 Å². The van der Waals surface area contributed by atoms with Gasteiger partial charge in [-0.1, -0.05) is 18.2 Å². The minimum atomic E-state index is -0.764. The van der Waals surface area contributed by atoms with E-state index < -0.39 is 17.8 Å². The van der Waals surface area contributed by atoms with Gasteiger partial charge in [0.2, 0.25) is 0 Å². The average Bonchev–Trinajstić information content (AvgIpc) is 3.09. The maximum Gasteiger partial charge on any atom is 0.335 e. The van der Waals surface area contributed by atoms with Gasteiger partial charge in [0.25, 0.3) is 11.8 Å². The third-order valence-electron chi connectivity index (χ3n) is 4.43. The van der Waals surface area contributed by atoms with Crippen LogP contribution in [0.3, 0.4) is 0 Å². The molecule has 1 fully saturated rings. The van der Waals surface area contributed by atoms with E-state index in [0.717, 1.165) is 23.6 Å². The lowest BCUT2D eigenvalue weighted by atomic mass is 10.1. The average molecular weight is 367 g/mol. The number of carbonyl (C=O) groups excluding carboxylic acids is 3. The molecule has 2 aromatic rings. The van der Waals surface area contributed by atoms with Crippen molar-refractivity contribution in [2.24, 2.45) is 0 Å². The lowest BCUT2D eigenvalue weighted by Crippen LogP contribution is -2.54. The van der Waals surface area contributed by atoms with Crippen LogP contribution in [0.4, 0.5) is 16.4 Å². The van der Waals surface area contributed by atoms with Gasteiger partial charge >= 0.3 is 6.03 Å². The van der Waals surface area contributed by atoms with Crippen molar-refractivity contribution in [3.05, 3.63) is 53.3 Å². The van der Waals surface area contributed by atoms with Crippen LogP contribution in [-0.2, 0) is 9.59 Å². The first kappa shape index (κ1) is 18.4. The Labute approximate surface area is 157 Å². The Morgan fingerprint density at radius 1 is 1.07 bits per heavy atom. The van der Waals surface area contributed by atoms with Gasteiger partial charge in [-0.25, -0.2) is 9.69 Å². The molecule has 7 heteroatoms. The Balaban J connectivity index is 1.96. The number of aryl methyl sites for hydroxylation is 1. The van der Waals surface area contributed by atoms with Crippen molar-refractivity contribution in [2.45, 2.75) is 20.8 Å². The number of anilines is 2. The highest BCUT2D eigenvalue weighted by atomic mass is 16.4. The molecule has 27 heavy (non-hydrogen) atoms. The number of nitrogens with zero attached hydrogens (tertiary/aromatic N) is 2. The minimum Gasteiger partial charge on any atom is -0.441 e. The molecule has 0 atom stereocenters. The summed E-state index contributed by atoms with van der Waals surface area (Å²) in [4.78, 5) is 40.3. The second-order valence-electron chi connectivity index (χ2n) is 6.09. The fourth-order valence-corrected chi connectivity index (χ4v) is 2.96. The number of benzene rings is 1. The molecule has 0 radical (unpaired) electrons. The lowest BCUT2D eigenvalue weighted by Gasteiger charge is -2.27. The number of furan rings is 1. The quantitative estimate of drug-likeness (QED) is 0.649. The summed E-state index contributed by atoms with van der Waals surface area (Å²) in [7, 11) is 0. The van der Waals surface area contributed by atoms with Gasteiger partial charge in [0.05, 0.1) is 5.69 Å². The number of amides is 4. The highest BCUT2D eigenvalue weighted by Crippen LogP contribution is 2.26.